The van der Waals surface area contributed by atoms with E-state index in [1.54, 1.807) is 18.2 Å². The van der Waals surface area contributed by atoms with Crippen LogP contribution in [-0.2, 0) is 0 Å². The molecule has 146 valence electrons. The zero-order chi connectivity index (χ0) is 20.1. The first-order chi connectivity index (χ1) is 13.5. The molecule has 0 atom stereocenters. The molecule has 1 saturated carbocycles. The van der Waals surface area contributed by atoms with Gasteiger partial charge in [-0.3, -0.25) is 9.78 Å². The lowest BCUT2D eigenvalue weighted by atomic mass is 9.83. The molecule has 1 fully saturated rings. The molecule has 1 heterocycles. The van der Waals surface area contributed by atoms with Gasteiger partial charge in [0.15, 0.2) is 5.78 Å². The highest BCUT2D eigenvalue weighted by atomic mass is 35.5. The van der Waals surface area contributed by atoms with E-state index in [0.29, 0.717) is 40.3 Å². The van der Waals surface area contributed by atoms with Gasteiger partial charge in [-0.05, 0) is 61.3 Å². The molecule has 1 aromatic heterocycles. The zero-order valence-electron chi connectivity index (χ0n) is 16.3. The van der Waals surface area contributed by atoms with Crippen LogP contribution in [0.2, 0.25) is 5.02 Å². The van der Waals surface area contributed by atoms with Gasteiger partial charge < -0.3 is 4.74 Å². The van der Waals surface area contributed by atoms with Crippen molar-refractivity contribution in [1.82, 2.24) is 4.98 Å². The number of nitrogens with zero attached hydrogens (tertiary/aromatic N) is 2. The molecule has 3 rings (SSSR count). The van der Waals surface area contributed by atoms with Crippen LogP contribution in [-0.4, -0.2) is 16.9 Å². The van der Waals surface area contributed by atoms with Crippen molar-refractivity contribution < 1.29 is 9.53 Å². The molecule has 0 unspecified atom stereocenters. The number of Topliss-reactive ketones (excluding diaryl/α,β-unsaturated/α-hetero) is 1. The molecule has 2 aromatic rings. The minimum Gasteiger partial charge on any atom is -0.490 e. The summed E-state index contributed by atoms with van der Waals surface area (Å²) in [5.41, 5.74) is 2.17. The lowest BCUT2D eigenvalue weighted by Gasteiger charge is -2.28. The number of benzene rings is 1. The minimum absolute atomic E-state index is 0.124. The second kappa shape index (κ2) is 9.21. The van der Waals surface area contributed by atoms with Crippen LogP contribution in [0.1, 0.15) is 73.5 Å². The van der Waals surface area contributed by atoms with Gasteiger partial charge in [0, 0.05) is 18.7 Å². The van der Waals surface area contributed by atoms with E-state index in [4.69, 9.17) is 21.6 Å². The van der Waals surface area contributed by atoms with Crippen LogP contribution < -0.4 is 4.74 Å². The van der Waals surface area contributed by atoms with Crippen LogP contribution in [0.3, 0.4) is 0 Å². The molecule has 0 amide bonds. The Morgan fingerprint density at radius 3 is 2.57 bits per heavy atom. The molecule has 0 spiro atoms. The van der Waals surface area contributed by atoms with Crippen molar-refractivity contribution in [2.75, 3.05) is 0 Å². The molecule has 0 radical (unpaired) electrons. The molecule has 1 aliphatic rings. The number of rotatable bonds is 6. The van der Waals surface area contributed by atoms with Crippen LogP contribution >= 0.6 is 11.6 Å². The van der Waals surface area contributed by atoms with Crippen molar-refractivity contribution in [3.8, 4) is 11.8 Å². The normalized spacial score (nSPS) is 19.2. The molecule has 1 aliphatic carbocycles. The third kappa shape index (κ3) is 5.11. The number of pyridine rings is 1. The molecule has 5 heteroatoms. The third-order valence-corrected chi connectivity index (χ3v) is 5.68. The van der Waals surface area contributed by atoms with Gasteiger partial charge in [0.2, 0.25) is 0 Å². The summed E-state index contributed by atoms with van der Waals surface area (Å²) in [6.07, 6.45) is 6.23. The van der Waals surface area contributed by atoms with Gasteiger partial charge in [-0.2, -0.15) is 5.26 Å². The number of hydrogen-bond donors (Lipinski definition) is 0. The van der Waals surface area contributed by atoms with Crippen LogP contribution in [0.25, 0.3) is 0 Å². The largest absolute Gasteiger partial charge is 0.490 e. The van der Waals surface area contributed by atoms with Gasteiger partial charge in [-0.25, -0.2) is 0 Å². The molecule has 0 N–H and O–H groups in total. The Morgan fingerprint density at radius 1 is 1.25 bits per heavy atom. The summed E-state index contributed by atoms with van der Waals surface area (Å²) in [6.45, 7) is 4.23. The molecule has 4 nitrogen and oxygen atoms in total. The summed E-state index contributed by atoms with van der Waals surface area (Å²) in [7, 11) is 0. The number of nitriles is 1. The van der Waals surface area contributed by atoms with Crippen LogP contribution in [0.5, 0.6) is 5.75 Å². The Hall–Kier alpha value is -2.38. The Labute approximate surface area is 171 Å². The van der Waals surface area contributed by atoms with E-state index in [2.05, 4.69) is 18.8 Å². The fourth-order valence-corrected chi connectivity index (χ4v) is 3.80. The van der Waals surface area contributed by atoms with E-state index in [0.717, 1.165) is 31.2 Å². The van der Waals surface area contributed by atoms with E-state index in [-0.39, 0.29) is 11.9 Å². The fraction of sp³-hybridized carbons (Fsp3) is 0.435. The highest BCUT2D eigenvalue weighted by Crippen LogP contribution is 2.31. The number of ether oxygens (including phenoxy) is 1. The summed E-state index contributed by atoms with van der Waals surface area (Å²) in [5.74, 6) is 1.61. The first-order valence-corrected chi connectivity index (χ1v) is 10.2. The maximum Gasteiger partial charge on any atom is 0.181 e. The Bertz CT molecular complexity index is 863. The van der Waals surface area contributed by atoms with Crippen LogP contribution in [0.4, 0.5) is 0 Å². The lowest BCUT2D eigenvalue weighted by Crippen LogP contribution is -2.25. The number of carbonyl (C=O) groups excluding carboxylic acids is 1. The lowest BCUT2D eigenvalue weighted by molar-refractivity contribution is 0.0897. The number of hydrogen-bond acceptors (Lipinski definition) is 4. The SMILES string of the molecule is CC(C)c1ccc(C(=O)CC2CCC(Oc3ccc(C#N)c(Cl)c3)CC2)nc1. The first kappa shape index (κ1) is 20.4. The van der Waals surface area contributed by atoms with Gasteiger partial charge in [-0.15, -0.1) is 0 Å². The number of aromatic nitrogens is 1. The quantitative estimate of drug-likeness (QED) is 0.566. The Kier molecular flexibility index (Phi) is 6.70. The van der Waals surface area contributed by atoms with Crippen LogP contribution in [0, 0.1) is 17.2 Å². The summed E-state index contributed by atoms with van der Waals surface area (Å²) < 4.78 is 6.02. The van der Waals surface area contributed by atoms with Gasteiger partial charge in [-0.1, -0.05) is 31.5 Å². The summed E-state index contributed by atoms with van der Waals surface area (Å²) in [4.78, 5) is 16.9. The molecule has 0 saturated heterocycles. The standard InChI is InChI=1S/C23H25ClN2O2/c1-15(2)18-6-10-22(26-14-18)23(27)11-16-3-7-19(8-4-16)28-20-9-5-17(13-25)21(24)12-20/h5-6,9-10,12,14-16,19H,3-4,7-8,11H2,1-2H3. The minimum atomic E-state index is 0.124. The van der Waals surface area contributed by atoms with Crippen molar-refractivity contribution >= 4 is 17.4 Å². The maximum absolute atomic E-state index is 12.5. The van der Waals surface area contributed by atoms with Gasteiger partial charge in [0.25, 0.3) is 0 Å². The highest BCUT2D eigenvalue weighted by Gasteiger charge is 2.25. The van der Waals surface area contributed by atoms with E-state index < -0.39 is 0 Å². The van der Waals surface area contributed by atoms with Crippen molar-refractivity contribution in [2.24, 2.45) is 5.92 Å². The summed E-state index contributed by atoms with van der Waals surface area (Å²) >= 11 is 6.07. The number of carbonyl (C=O) groups is 1. The first-order valence-electron chi connectivity index (χ1n) is 9.81. The molecule has 1 aromatic carbocycles. The molecular weight excluding hydrogens is 372 g/mol. The van der Waals surface area contributed by atoms with Gasteiger partial charge >= 0.3 is 0 Å². The third-order valence-electron chi connectivity index (χ3n) is 5.37. The van der Waals surface area contributed by atoms with Crippen molar-refractivity contribution in [3.05, 3.63) is 58.4 Å². The molecular formula is C23H25ClN2O2. The topological polar surface area (TPSA) is 63.0 Å². The Morgan fingerprint density at radius 2 is 2.00 bits per heavy atom. The second-order valence-corrected chi connectivity index (χ2v) is 8.18. The predicted octanol–water partition coefficient (Wildman–Crippen LogP) is 5.94. The number of ketones is 1. The predicted molar refractivity (Wildman–Crippen MR) is 110 cm³/mol. The average molecular weight is 397 g/mol. The van der Waals surface area contributed by atoms with E-state index in [1.165, 1.54) is 0 Å². The molecule has 0 aliphatic heterocycles. The van der Waals surface area contributed by atoms with Gasteiger partial charge in [0.1, 0.15) is 17.5 Å². The fourth-order valence-electron chi connectivity index (χ4n) is 3.58. The summed E-state index contributed by atoms with van der Waals surface area (Å²) in [6, 6.07) is 11.1. The van der Waals surface area contributed by atoms with Crippen molar-refractivity contribution in [1.29, 1.82) is 5.26 Å². The zero-order valence-corrected chi connectivity index (χ0v) is 17.1. The van der Waals surface area contributed by atoms with Crippen molar-refractivity contribution in [3.63, 3.8) is 0 Å². The van der Waals surface area contributed by atoms with E-state index in [9.17, 15) is 4.79 Å². The highest BCUT2D eigenvalue weighted by molar-refractivity contribution is 6.31. The molecule has 28 heavy (non-hydrogen) atoms. The smallest absolute Gasteiger partial charge is 0.181 e. The maximum atomic E-state index is 12.5. The average Bonchev–Trinajstić information content (AvgIpc) is 2.69. The Balaban J connectivity index is 1.49. The van der Waals surface area contributed by atoms with Gasteiger partial charge in [0.05, 0.1) is 16.7 Å². The van der Waals surface area contributed by atoms with Crippen LogP contribution in [0.15, 0.2) is 36.5 Å². The molecule has 0 bridgehead atoms. The monoisotopic (exact) mass is 396 g/mol. The van der Waals surface area contributed by atoms with E-state index >= 15 is 0 Å². The van der Waals surface area contributed by atoms with E-state index in [1.807, 2.05) is 24.4 Å². The van der Waals surface area contributed by atoms with Crippen molar-refractivity contribution in [2.45, 2.75) is 58.0 Å². The summed E-state index contributed by atoms with van der Waals surface area (Å²) in [5, 5.41) is 9.36. The number of halogens is 1. The second-order valence-electron chi connectivity index (χ2n) is 7.77.